The number of fused-ring (bicyclic) bond motifs is 1. The van der Waals surface area contributed by atoms with Crippen LogP contribution in [0.4, 0.5) is 4.39 Å². The van der Waals surface area contributed by atoms with Crippen molar-refractivity contribution in [3.63, 3.8) is 0 Å². The van der Waals surface area contributed by atoms with E-state index in [1.54, 1.807) is 6.07 Å². The largest absolute Gasteiger partial charge is 0.225 e. The average Bonchev–Trinajstić information content (AvgIpc) is 2.43. The number of aromatic nitrogens is 2. The summed E-state index contributed by atoms with van der Waals surface area (Å²) in [6, 6.07) is 8.94. The van der Waals surface area contributed by atoms with Crippen LogP contribution in [0.15, 0.2) is 34.8 Å². The van der Waals surface area contributed by atoms with Crippen LogP contribution in [-0.2, 0) is 0 Å². The average molecular weight is 366 g/mol. The van der Waals surface area contributed by atoms with Crippen molar-refractivity contribution in [1.29, 1.82) is 0 Å². The van der Waals surface area contributed by atoms with E-state index in [1.807, 2.05) is 32.0 Å². The second-order valence-corrected chi connectivity index (χ2v) is 6.14. The molecule has 106 valence electrons. The summed E-state index contributed by atoms with van der Waals surface area (Å²) in [4.78, 5) is 8.68. The molecule has 0 fully saturated rings. The Kier molecular flexibility index (Phi) is 3.68. The molecule has 0 saturated carbocycles. The van der Waals surface area contributed by atoms with Gasteiger partial charge in [0, 0.05) is 15.4 Å². The van der Waals surface area contributed by atoms with Crippen molar-refractivity contribution in [2.75, 3.05) is 0 Å². The van der Waals surface area contributed by atoms with Gasteiger partial charge in [0.25, 0.3) is 0 Å². The van der Waals surface area contributed by atoms with Gasteiger partial charge in [0.05, 0.1) is 0 Å². The van der Waals surface area contributed by atoms with Crippen LogP contribution in [-0.4, -0.2) is 9.97 Å². The van der Waals surface area contributed by atoms with Crippen molar-refractivity contribution >= 4 is 38.4 Å². The van der Waals surface area contributed by atoms with Crippen molar-refractivity contribution in [2.24, 2.45) is 0 Å². The number of hydrogen-bond donors (Lipinski definition) is 0. The summed E-state index contributed by atoms with van der Waals surface area (Å²) in [5.41, 5.74) is 3.28. The number of benzene rings is 2. The predicted octanol–water partition coefficient (Wildman–Crippen LogP) is 5.47. The summed E-state index contributed by atoms with van der Waals surface area (Å²) < 4.78 is 14.7. The summed E-state index contributed by atoms with van der Waals surface area (Å²) in [6.45, 7) is 4.00. The Labute approximate surface area is 135 Å². The van der Waals surface area contributed by atoms with Gasteiger partial charge in [0.2, 0.25) is 0 Å². The van der Waals surface area contributed by atoms with Crippen LogP contribution in [0.25, 0.3) is 22.3 Å². The summed E-state index contributed by atoms with van der Waals surface area (Å²) in [5, 5.41) is 0.744. The van der Waals surface area contributed by atoms with Crippen molar-refractivity contribution in [2.45, 2.75) is 13.8 Å². The first-order valence-electron chi connectivity index (χ1n) is 6.36. The minimum absolute atomic E-state index is 0.231. The monoisotopic (exact) mass is 364 g/mol. The summed E-state index contributed by atoms with van der Waals surface area (Å²) in [7, 11) is 0. The van der Waals surface area contributed by atoms with E-state index in [2.05, 4.69) is 25.9 Å². The molecule has 1 heterocycles. The molecule has 0 spiro atoms. The highest BCUT2D eigenvalue weighted by Crippen LogP contribution is 2.30. The van der Waals surface area contributed by atoms with Gasteiger partial charge in [0.1, 0.15) is 10.7 Å². The van der Waals surface area contributed by atoms with E-state index in [-0.39, 0.29) is 10.7 Å². The van der Waals surface area contributed by atoms with Gasteiger partial charge in [-0.25, -0.2) is 14.4 Å². The first kappa shape index (κ1) is 14.4. The second kappa shape index (κ2) is 5.35. The first-order valence-corrected chi connectivity index (χ1v) is 7.53. The molecule has 2 nitrogen and oxygen atoms in total. The minimum Gasteiger partial charge on any atom is -0.225 e. The van der Waals surface area contributed by atoms with Crippen LogP contribution in [0.3, 0.4) is 0 Å². The van der Waals surface area contributed by atoms with Crippen molar-refractivity contribution in [3.8, 4) is 11.4 Å². The molecule has 0 atom stereocenters. The topological polar surface area (TPSA) is 25.8 Å². The summed E-state index contributed by atoms with van der Waals surface area (Å²) in [5.74, 6) is 0.0187. The van der Waals surface area contributed by atoms with E-state index in [1.165, 1.54) is 6.07 Å². The van der Waals surface area contributed by atoms with E-state index in [0.29, 0.717) is 15.7 Å². The van der Waals surface area contributed by atoms with Gasteiger partial charge >= 0.3 is 0 Å². The molecule has 0 aliphatic rings. The molecule has 0 saturated heterocycles. The van der Waals surface area contributed by atoms with E-state index in [9.17, 15) is 4.39 Å². The molecule has 0 aliphatic heterocycles. The zero-order chi connectivity index (χ0) is 15.1. The third-order valence-corrected chi connectivity index (χ3v) is 4.26. The van der Waals surface area contributed by atoms with Gasteiger partial charge < -0.3 is 0 Å². The normalized spacial score (nSPS) is 11.1. The fourth-order valence-corrected chi connectivity index (χ4v) is 2.89. The Morgan fingerprint density at radius 1 is 1.14 bits per heavy atom. The van der Waals surface area contributed by atoms with Crippen LogP contribution in [0.2, 0.25) is 5.15 Å². The quantitative estimate of drug-likeness (QED) is 0.534. The van der Waals surface area contributed by atoms with Crippen LogP contribution < -0.4 is 0 Å². The fourth-order valence-electron chi connectivity index (χ4n) is 2.23. The molecule has 0 unspecified atom stereocenters. The van der Waals surface area contributed by atoms with Crippen LogP contribution in [0, 0.1) is 19.7 Å². The van der Waals surface area contributed by atoms with Crippen LogP contribution in [0.5, 0.6) is 0 Å². The van der Waals surface area contributed by atoms with E-state index >= 15 is 0 Å². The van der Waals surface area contributed by atoms with E-state index in [0.717, 1.165) is 16.7 Å². The molecule has 3 aromatic rings. The third kappa shape index (κ3) is 2.54. The van der Waals surface area contributed by atoms with Gasteiger partial charge in [-0.15, -0.1) is 0 Å². The lowest BCUT2D eigenvalue weighted by atomic mass is 10.0. The highest BCUT2D eigenvalue weighted by molar-refractivity contribution is 9.10. The smallest absolute Gasteiger partial charge is 0.161 e. The molecule has 3 rings (SSSR count). The third-order valence-electron chi connectivity index (χ3n) is 3.52. The maximum absolute atomic E-state index is 14.1. The van der Waals surface area contributed by atoms with Gasteiger partial charge in [0.15, 0.2) is 11.6 Å². The maximum atomic E-state index is 14.1. The summed E-state index contributed by atoms with van der Waals surface area (Å²) >= 11 is 9.46. The lowest BCUT2D eigenvalue weighted by molar-refractivity contribution is 0.636. The van der Waals surface area contributed by atoms with E-state index in [4.69, 9.17) is 11.6 Å². The minimum atomic E-state index is -0.421. The number of halogens is 3. The lowest BCUT2D eigenvalue weighted by Crippen LogP contribution is -1.97. The molecule has 1 aromatic heterocycles. The molecule has 21 heavy (non-hydrogen) atoms. The zero-order valence-corrected chi connectivity index (χ0v) is 13.8. The highest BCUT2D eigenvalue weighted by Gasteiger charge is 2.14. The van der Waals surface area contributed by atoms with Gasteiger partial charge in [-0.2, -0.15) is 0 Å². The van der Waals surface area contributed by atoms with Crippen molar-refractivity contribution in [3.05, 3.63) is 56.9 Å². The van der Waals surface area contributed by atoms with Gasteiger partial charge in [-0.05, 0) is 37.1 Å². The molecule has 0 amide bonds. The molecule has 2 aromatic carbocycles. The Balaban J connectivity index is 2.33. The Morgan fingerprint density at radius 2 is 1.90 bits per heavy atom. The number of hydrogen-bond acceptors (Lipinski definition) is 2. The second-order valence-electron chi connectivity index (χ2n) is 4.87. The Morgan fingerprint density at radius 3 is 2.67 bits per heavy atom. The van der Waals surface area contributed by atoms with Gasteiger partial charge in [-0.3, -0.25) is 0 Å². The lowest BCUT2D eigenvalue weighted by Gasteiger charge is -2.09. The Hall–Kier alpha value is -1.52. The molecule has 0 aliphatic carbocycles. The first-order chi connectivity index (χ1) is 9.97. The summed E-state index contributed by atoms with van der Waals surface area (Å²) in [6.07, 6.45) is 0. The highest BCUT2D eigenvalue weighted by atomic mass is 79.9. The molecule has 0 radical (unpaired) electrons. The van der Waals surface area contributed by atoms with E-state index < -0.39 is 5.82 Å². The number of rotatable bonds is 1. The molecule has 0 N–H and O–H groups in total. The predicted molar refractivity (Wildman–Crippen MR) is 87.1 cm³/mol. The molecule has 5 heteroatoms. The van der Waals surface area contributed by atoms with Crippen molar-refractivity contribution in [1.82, 2.24) is 9.97 Å². The zero-order valence-electron chi connectivity index (χ0n) is 11.4. The Bertz CT molecular complexity index is 865. The number of nitrogens with zero attached hydrogens (tertiary/aromatic N) is 2. The SMILES string of the molecule is Cc1cccc(-c2nc(Cl)c3cc(Br)cc(F)c3n2)c1C. The standard InChI is InChI=1S/C16H11BrClFN2/c1-8-4-3-5-11(9(8)2)16-20-14-12(15(18)21-16)6-10(17)7-13(14)19/h3-7H,1-2H3. The molecule has 0 bridgehead atoms. The maximum Gasteiger partial charge on any atom is 0.161 e. The van der Waals surface area contributed by atoms with Gasteiger partial charge in [-0.1, -0.05) is 45.7 Å². The van der Waals surface area contributed by atoms with Crippen molar-refractivity contribution < 1.29 is 4.39 Å². The molecular formula is C16H11BrClFN2. The van der Waals surface area contributed by atoms with Crippen LogP contribution >= 0.6 is 27.5 Å². The van der Waals surface area contributed by atoms with Crippen LogP contribution in [0.1, 0.15) is 11.1 Å². The fraction of sp³-hybridized carbons (Fsp3) is 0.125. The molecular weight excluding hydrogens is 355 g/mol. The number of aryl methyl sites for hydroxylation is 1.